The Morgan fingerprint density at radius 2 is 0.671 bits per heavy atom. The number of aliphatic hydroxyl groups is 1. The zero-order chi connectivity index (χ0) is 59.8. The second-order valence-electron chi connectivity index (χ2n) is 26.7. The molecule has 0 spiro atoms. The number of aliphatic hydroxyl groups excluding tert-OH is 1. The number of nitrogens with zero attached hydrogens (tertiary/aromatic N) is 1. The Morgan fingerprint density at radius 1 is 0.402 bits per heavy atom. The van der Waals surface area contributed by atoms with Crippen LogP contribution in [0.2, 0.25) is 0 Å². The van der Waals surface area contributed by atoms with Gasteiger partial charge in [-0.1, -0.05) is 372 Å². The van der Waals surface area contributed by atoms with Crippen molar-refractivity contribution in [3.63, 3.8) is 0 Å². The molecule has 82 heavy (non-hydrogen) atoms. The average Bonchev–Trinajstić information content (AvgIpc) is 3.47. The number of quaternary nitrogens is 1. The Labute approximate surface area is 513 Å². The SMILES string of the molecule is CCCCCCCCCCCCCCCCCCCCCCCCC/C=C/CC/C=C/C(O)C(COP(=O)(O)OCC[N+](C)(C)C)NC(=O)CCCCCCCCCCCCCCCCCCCCCCCCCCCCCCCCC. The van der Waals surface area contributed by atoms with Crippen LogP contribution in [-0.4, -0.2) is 73.4 Å². The van der Waals surface area contributed by atoms with Gasteiger partial charge in [0.25, 0.3) is 0 Å². The molecule has 0 rings (SSSR count). The number of carbonyl (C=O) groups excluding carboxylic acids is 1. The molecule has 0 aliphatic heterocycles. The number of hydrogen-bond donors (Lipinski definition) is 3. The minimum absolute atomic E-state index is 0.0592. The molecule has 8 nitrogen and oxygen atoms in total. The Balaban J connectivity index is 4.03. The molecule has 0 fully saturated rings. The van der Waals surface area contributed by atoms with Crippen LogP contribution in [0.5, 0.6) is 0 Å². The van der Waals surface area contributed by atoms with Crippen LogP contribution in [0, 0.1) is 0 Å². The maximum Gasteiger partial charge on any atom is 0.472 e. The van der Waals surface area contributed by atoms with E-state index in [2.05, 4.69) is 31.3 Å². The van der Waals surface area contributed by atoms with E-state index in [1.165, 1.54) is 327 Å². The highest BCUT2D eigenvalue weighted by atomic mass is 31.2. The number of phosphoric ester groups is 1. The molecule has 0 radical (unpaired) electrons. The monoisotopic (exact) mass is 1180 g/mol. The van der Waals surface area contributed by atoms with Crippen molar-refractivity contribution in [2.45, 2.75) is 398 Å². The van der Waals surface area contributed by atoms with Crippen LogP contribution in [0.25, 0.3) is 0 Å². The molecular weight excluding hydrogens is 1030 g/mol. The van der Waals surface area contributed by atoms with E-state index in [4.69, 9.17) is 9.05 Å². The van der Waals surface area contributed by atoms with Crippen molar-refractivity contribution in [3.05, 3.63) is 24.3 Å². The normalized spacial score (nSPS) is 13.7. The fourth-order valence-corrected chi connectivity index (χ4v) is 12.2. The largest absolute Gasteiger partial charge is 0.472 e. The van der Waals surface area contributed by atoms with Gasteiger partial charge in [-0.3, -0.25) is 13.8 Å². The third-order valence-electron chi connectivity index (χ3n) is 17.2. The Hall–Kier alpha value is -1.02. The lowest BCUT2D eigenvalue weighted by Gasteiger charge is -2.25. The summed E-state index contributed by atoms with van der Waals surface area (Å²) in [7, 11) is 1.58. The molecule has 3 atom stereocenters. The second kappa shape index (κ2) is 64.5. The number of likely N-dealkylation sites (N-methyl/N-ethyl adjacent to an activating group) is 1. The highest BCUT2D eigenvalue weighted by Crippen LogP contribution is 2.43. The molecule has 0 saturated carbocycles. The topological polar surface area (TPSA) is 105 Å². The van der Waals surface area contributed by atoms with E-state index in [0.717, 1.165) is 38.5 Å². The lowest BCUT2D eigenvalue weighted by atomic mass is 10.0. The van der Waals surface area contributed by atoms with Crippen molar-refractivity contribution in [1.82, 2.24) is 5.32 Å². The molecule has 0 aliphatic rings. The highest BCUT2D eigenvalue weighted by molar-refractivity contribution is 7.47. The highest BCUT2D eigenvalue weighted by Gasteiger charge is 2.28. The number of amides is 1. The summed E-state index contributed by atoms with van der Waals surface area (Å²) in [5.41, 5.74) is 0. The third kappa shape index (κ3) is 66.5. The minimum atomic E-state index is -4.36. The molecule has 3 unspecified atom stereocenters. The van der Waals surface area contributed by atoms with E-state index in [1.54, 1.807) is 6.08 Å². The van der Waals surface area contributed by atoms with Gasteiger partial charge in [-0.2, -0.15) is 0 Å². The van der Waals surface area contributed by atoms with Gasteiger partial charge in [0.2, 0.25) is 5.91 Å². The minimum Gasteiger partial charge on any atom is -0.387 e. The van der Waals surface area contributed by atoms with Crippen LogP contribution >= 0.6 is 7.82 Å². The molecule has 0 aliphatic carbocycles. The molecule has 1 amide bonds. The van der Waals surface area contributed by atoms with Gasteiger partial charge in [-0.05, 0) is 32.1 Å². The van der Waals surface area contributed by atoms with Gasteiger partial charge >= 0.3 is 7.82 Å². The smallest absolute Gasteiger partial charge is 0.387 e. The summed E-state index contributed by atoms with van der Waals surface area (Å²) < 4.78 is 23.8. The number of nitrogens with one attached hydrogen (secondary N) is 1. The van der Waals surface area contributed by atoms with Crippen LogP contribution in [0.4, 0.5) is 0 Å². The first-order valence-corrected chi connectivity index (χ1v) is 38.2. The Morgan fingerprint density at radius 3 is 0.976 bits per heavy atom. The van der Waals surface area contributed by atoms with Crippen molar-refractivity contribution in [1.29, 1.82) is 0 Å². The van der Waals surface area contributed by atoms with Gasteiger partial charge in [-0.15, -0.1) is 0 Å². The number of rotatable bonds is 69. The first-order valence-electron chi connectivity index (χ1n) is 36.7. The van der Waals surface area contributed by atoms with Crippen LogP contribution in [0.1, 0.15) is 386 Å². The van der Waals surface area contributed by atoms with Crippen molar-refractivity contribution in [2.24, 2.45) is 0 Å². The lowest BCUT2D eigenvalue weighted by Crippen LogP contribution is -2.45. The number of hydrogen-bond acceptors (Lipinski definition) is 5. The quantitative estimate of drug-likeness (QED) is 0.0243. The summed E-state index contributed by atoms with van der Waals surface area (Å²) >= 11 is 0. The van der Waals surface area contributed by atoms with Gasteiger partial charge in [0.1, 0.15) is 13.2 Å². The van der Waals surface area contributed by atoms with Crippen LogP contribution in [-0.2, 0) is 18.4 Å². The molecule has 9 heteroatoms. The lowest BCUT2D eigenvalue weighted by molar-refractivity contribution is -0.870. The first-order chi connectivity index (χ1) is 40.0. The predicted octanol–water partition coefficient (Wildman–Crippen LogP) is 23.4. The average molecular weight is 1180 g/mol. The fourth-order valence-electron chi connectivity index (χ4n) is 11.5. The summed E-state index contributed by atoms with van der Waals surface area (Å²) in [5, 5.41) is 14.0. The van der Waals surface area contributed by atoms with Crippen molar-refractivity contribution >= 4 is 13.7 Å². The van der Waals surface area contributed by atoms with Gasteiger partial charge in [0.15, 0.2) is 0 Å². The van der Waals surface area contributed by atoms with Crippen LogP contribution < -0.4 is 5.32 Å². The Kier molecular flexibility index (Phi) is 63.7. The van der Waals surface area contributed by atoms with E-state index >= 15 is 0 Å². The van der Waals surface area contributed by atoms with Gasteiger partial charge in [-0.25, -0.2) is 4.57 Å². The molecule has 0 bridgehead atoms. The van der Waals surface area contributed by atoms with Crippen molar-refractivity contribution in [2.75, 3.05) is 40.9 Å². The fraction of sp³-hybridized carbons (Fsp3) is 0.932. The van der Waals surface area contributed by atoms with Gasteiger partial charge < -0.3 is 19.8 Å². The zero-order valence-electron chi connectivity index (χ0n) is 56.0. The number of carbonyl (C=O) groups is 1. The van der Waals surface area contributed by atoms with Crippen molar-refractivity contribution < 1.29 is 32.9 Å². The summed E-state index contributed by atoms with van der Waals surface area (Å²) in [5.74, 6) is -0.177. The summed E-state index contributed by atoms with van der Waals surface area (Å²) in [6.45, 7) is 4.87. The molecule has 488 valence electrons. The Bertz CT molecular complexity index is 1390. The van der Waals surface area contributed by atoms with Gasteiger partial charge in [0.05, 0.1) is 39.9 Å². The molecular formula is C73H146N2O6P+. The molecule has 0 saturated heterocycles. The van der Waals surface area contributed by atoms with E-state index in [1.807, 2.05) is 27.2 Å². The predicted molar refractivity (Wildman–Crippen MR) is 360 cm³/mol. The molecule has 0 aromatic carbocycles. The third-order valence-corrected chi connectivity index (χ3v) is 18.2. The van der Waals surface area contributed by atoms with Crippen molar-refractivity contribution in [3.8, 4) is 0 Å². The van der Waals surface area contributed by atoms with Gasteiger partial charge in [0, 0.05) is 6.42 Å². The van der Waals surface area contributed by atoms with E-state index < -0.39 is 20.0 Å². The number of unbranched alkanes of at least 4 members (excludes halogenated alkanes) is 54. The zero-order valence-corrected chi connectivity index (χ0v) is 56.9. The molecule has 0 aromatic rings. The van der Waals surface area contributed by atoms with Crippen LogP contribution in [0.15, 0.2) is 24.3 Å². The van der Waals surface area contributed by atoms with E-state index in [-0.39, 0.29) is 19.1 Å². The first kappa shape index (κ1) is 81.0. The summed E-state index contributed by atoms with van der Waals surface area (Å²) in [4.78, 5) is 23.4. The molecule has 0 heterocycles. The van der Waals surface area contributed by atoms with E-state index in [9.17, 15) is 19.4 Å². The molecule has 3 N–H and O–H groups in total. The van der Waals surface area contributed by atoms with Crippen LogP contribution in [0.3, 0.4) is 0 Å². The standard InChI is InChI=1S/C73H145N2O6P/c1-6-8-10-12-14-16-18-20-22-24-26-28-30-32-34-36-37-39-41-43-45-47-49-51-53-55-57-59-61-63-65-67-73(77)74-71(70-81-82(78,79)80-69-68-75(3,4)5)72(76)66-64-62-60-58-56-54-52-50-48-46-44-42-40-38-35-33-31-29-27-25-23-21-19-17-15-13-11-9-7-2/h56,58,64,66,71-72,76H,6-55,57,59-63,65,67-70H2,1-5H3,(H-,74,77,78,79)/p+1/b58-56+,66-64+. The number of phosphoric acid groups is 1. The van der Waals surface area contributed by atoms with E-state index in [0.29, 0.717) is 17.4 Å². The number of allylic oxidation sites excluding steroid dienone is 3. The molecule has 0 aromatic heterocycles. The second-order valence-corrected chi connectivity index (χ2v) is 28.1. The summed E-state index contributed by atoms with van der Waals surface area (Å²) in [6.07, 6.45) is 85.0. The maximum absolute atomic E-state index is 13.1. The summed E-state index contributed by atoms with van der Waals surface area (Å²) in [6, 6.07) is -0.862. The maximum atomic E-state index is 13.1.